The fraction of sp³-hybridized carbons (Fsp3) is 0.769. The van der Waals surface area contributed by atoms with Crippen molar-refractivity contribution in [2.75, 3.05) is 6.54 Å². The molecule has 0 saturated carbocycles. The normalized spacial score (nSPS) is 23.5. The largest absolute Gasteiger partial charge is 0.480 e. The predicted octanol–water partition coefficient (Wildman–Crippen LogP) is 0.126. The van der Waals surface area contributed by atoms with Crippen LogP contribution in [0.15, 0.2) is 0 Å². The van der Waals surface area contributed by atoms with Gasteiger partial charge < -0.3 is 20.4 Å². The number of hydrogen-bond donors (Lipinski definition) is 3. The van der Waals surface area contributed by atoms with Gasteiger partial charge in [0.25, 0.3) is 0 Å². The van der Waals surface area contributed by atoms with E-state index < -0.39 is 47.6 Å². The van der Waals surface area contributed by atoms with Gasteiger partial charge in [-0.05, 0) is 5.41 Å². The number of nitrogens with zero attached hydrogens (tertiary/aromatic N) is 1. The number of aliphatic hydroxyl groups excluding tert-OH is 1. The predicted molar refractivity (Wildman–Crippen MR) is 71.2 cm³/mol. The van der Waals surface area contributed by atoms with Crippen LogP contribution in [0.5, 0.6) is 0 Å². The highest BCUT2D eigenvalue weighted by atomic mass is 19.4. The maximum absolute atomic E-state index is 12.5. The molecule has 23 heavy (non-hydrogen) atoms. The lowest BCUT2D eigenvalue weighted by atomic mass is 9.85. The minimum absolute atomic E-state index is 0.217. The molecule has 1 heterocycles. The number of rotatable bonds is 3. The number of aliphatic hydroxyl groups is 1. The molecule has 10 heteroatoms. The van der Waals surface area contributed by atoms with E-state index in [9.17, 15) is 32.7 Å². The van der Waals surface area contributed by atoms with Crippen LogP contribution in [0, 0.1) is 5.41 Å². The van der Waals surface area contributed by atoms with Gasteiger partial charge in [-0.15, -0.1) is 0 Å². The van der Waals surface area contributed by atoms with Crippen molar-refractivity contribution in [2.45, 2.75) is 51.6 Å². The number of hydrogen-bond acceptors (Lipinski definition) is 4. The number of carbonyl (C=O) groups excluding carboxylic acids is 2. The number of halogens is 3. The van der Waals surface area contributed by atoms with Gasteiger partial charge in [-0.25, -0.2) is 4.79 Å². The number of likely N-dealkylation sites (tertiary alicyclic amines) is 1. The summed E-state index contributed by atoms with van der Waals surface area (Å²) in [6.07, 6.45) is -6.47. The first kappa shape index (κ1) is 19.2. The fourth-order valence-electron chi connectivity index (χ4n) is 2.32. The van der Waals surface area contributed by atoms with Crippen molar-refractivity contribution < 1.29 is 37.8 Å². The number of aliphatic carboxylic acids is 1. The van der Waals surface area contributed by atoms with Gasteiger partial charge in [0.15, 0.2) is 0 Å². The van der Waals surface area contributed by atoms with E-state index in [2.05, 4.69) is 0 Å². The van der Waals surface area contributed by atoms with E-state index in [1.807, 2.05) is 0 Å². The number of carboxylic acids is 1. The maximum Gasteiger partial charge on any atom is 0.471 e. The van der Waals surface area contributed by atoms with E-state index >= 15 is 0 Å². The number of carboxylic acid groups (broad SMARTS) is 1. The van der Waals surface area contributed by atoms with Crippen molar-refractivity contribution in [3.63, 3.8) is 0 Å². The van der Waals surface area contributed by atoms with Gasteiger partial charge in [0.1, 0.15) is 12.1 Å². The monoisotopic (exact) mass is 340 g/mol. The molecule has 0 unspecified atom stereocenters. The van der Waals surface area contributed by atoms with Crippen LogP contribution in [0.3, 0.4) is 0 Å². The summed E-state index contributed by atoms with van der Waals surface area (Å²) in [7, 11) is 0. The molecule has 1 rings (SSSR count). The SMILES string of the molecule is CC(C)(C)[C@H](NC(=O)C(F)(F)F)C(=O)N1C[C@H](O)C[C@H]1C(=O)O. The Morgan fingerprint density at radius 2 is 1.74 bits per heavy atom. The second-order valence-electron chi connectivity index (χ2n) is 6.50. The highest BCUT2D eigenvalue weighted by molar-refractivity contribution is 5.92. The Labute approximate surface area is 130 Å². The number of carbonyl (C=O) groups is 3. The Kier molecular flexibility index (Phi) is 5.30. The second-order valence-corrected chi connectivity index (χ2v) is 6.50. The van der Waals surface area contributed by atoms with Crippen LogP contribution in [0.1, 0.15) is 27.2 Å². The summed E-state index contributed by atoms with van der Waals surface area (Å²) in [4.78, 5) is 35.6. The zero-order valence-electron chi connectivity index (χ0n) is 12.8. The van der Waals surface area contributed by atoms with Crippen LogP contribution in [-0.2, 0) is 14.4 Å². The minimum Gasteiger partial charge on any atom is -0.480 e. The molecule has 0 spiro atoms. The van der Waals surface area contributed by atoms with Gasteiger partial charge in [-0.1, -0.05) is 20.8 Å². The minimum atomic E-state index is -5.17. The Morgan fingerprint density at radius 3 is 2.13 bits per heavy atom. The van der Waals surface area contributed by atoms with Crippen molar-refractivity contribution in [3.8, 4) is 0 Å². The average molecular weight is 340 g/mol. The molecule has 0 radical (unpaired) electrons. The van der Waals surface area contributed by atoms with Gasteiger partial charge >= 0.3 is 18.1 Å². The number of alkyl halides is 3. The number of β-amino-alcohol motifs (C(OH)–C–C–N with tert-alkyl or cyclic N) is 1. The second kappa shape index (κ2) is 6.34. The van der Waals surface area contributed by atoms with Crippen molar-refractivity contribution in [2.24, 2.45) is 5.41 Å². The molecular weight excluding hydrogens is 321 g/mol. The summed E-state index contributed by atoms with van der Waals surface area (Å²) in [5, 5.41) is 20.2. The van der Waals surface area contributed by atoms with Gasteiger partial charge in [0.05, 0.1) is 6.10 Å². The third-order valence-corrected chi connectivity index (χ3v) is 3.49. The smallest absolute Gasteiger partial charge is 0.471 e. The van der Waals surface area contributed by atoms with Crippen molar-refractivity contribution in [1.82, 2.24) is 10.2 Å². The summed E-state index contributed by atoms with van der Waals surface area (Å²) >= 11 is 0. The molecule has 0 aliphatic carbocycles. The molecule has 0 aromatic heterocycles. The first-order chi connectivity index (χ1) is 10.2. The van der Waals surface area contributed by atoms with E-state index in [4.69, 9.17) is 5.11 Å². The molecule has 3 N–H and O–H groups in total. The molecular formula is C13H19F3N2O5. The quantitative estimate of drug-likeness (QED) is 0.677. The standard InChI is InChI=1S/C13H19F3N2O5/c1-12(2,3)8(17-11(23)13(14,15)16)9(20)18-5-6(19)4-7(18)10(21)22/h6-8,19H,4-5H2,1-3H3,(H,17,23)(H,21,22)/t6-,7+,8-/m1/s1. The van der Waals surface area contributed by atoms with Crippen LogP contribution in [-0.4, -0.2) is 63.8 Å². The zero-order valence-corrected chi connectivity index (χ0v) is 12.8. The molecule has 1 aliphatic heterocycles. The zero-order chi connectivity index (χ0) is 18.2. The van der Waals surface area contributed by atoms with Crippen LogP contribution in [0.4, 0.5) is 13.2 Å². The fourth-order valence-corrected chi connectivity index (χ4v) is 2.32. The molecule has 0 bridgehead atoms. The summed E-state index contributed by atoms with van der Waals surface area (Å²) < 4.78 is 37.3. The summed E-state index contributed by atoms with van der Waals surface area (Å²) in [6, 6.07) is -2.92. The van der Waals surface area contributed by atoms with E-state index in [-0.39, 0.29) is 13.0 Å². The van der Waals surface area contributed by atoms with E-state index in [0.717, 1.165) is 4.90 Å². The molecule has 0 aromatic rings. The molecule has 7 nitrogen and oxygen atoms in total. The van der Waals surface area contributed by atoms with E-state index in [1.54, 1.807) is 5.32 Å². The Morgan fingerprint density at radius 1 is 1.22 bits per heavy atom. The third-order valence-electron chi connectivity index (χ3n) is 3.49. The molecule has 132 valence electrons. The van der Waals surface area contributed by atoms with Crippen molar-refractivity contribution >= 4 is 17.8 Å². The molecule has 0 aromatic carbocycles. The Bertz CT molecular complexity index is 501. The molecule has 1 saturated heterocycles. The molecule has 3 atom stereocenters. The van der Waals surface area contributed by atoms with E-state index in [1.165, 1.54) is 20.8 Å². The molecule has 1 aliphatic rings. The lowest BCUT2D eigenvalue weighted by Gasteiger charge is -2.34. The average Bonchev–Trinajstić information content (AvgIpc) is 2.74. The van der Waals surface area contributed by atoms with E-state index in [0.29, 0.717) is 0 Å². The van der Waals surface area contributed by atoms with Gasteiger partial charge in [0.2, 0.25) is 5.91 Å². The van der Waals surface area contributed by atoms with Crippen LogP contribution < -0.4 is 5.32 Å². The Balaban J connectivity index is 3.06. The first-order valence-corrected chi connectivity index (χ1v) is 6.84. The highest BCUT2D eigenvalue weighted by Crippen LogP contribution is 2.27. The summed E-state index contributed by atoms with van der Waals surface area (Å²) in [6.45, 7) is 4.00. The first-order valence-electron chi connectivity index (χ1n) is 6.84. The lowest BCUT2D eigenvalue weighted by Crippen LogP contribution is -2.58. The van der Waals surface area contributed by atoms with Gasteiger partial charge in [-0.2, -0.15) is 13.2 Å². The van der Waals surface area contributed by atoms with Crippen molar-refractivity contribution in [1.29, 1.82) is 0 Å². The number of amides is 2. The van der Waals surface area contributed by atoms with Crippen molar-refractivity contribution in [3.05, 3.63) is 0 Å². The summed E-state index contributed by atoms with van der Waals surface area (Å²) in [5.41, 5.74) is -1.09. The maximum atomic E-state index is 12.5. The third kappa shape index (κ3) is 4.57. The van der Waals surface area contributed by atoms with Crippen LogP contribution >= 0.6 is 0 Å². The van der Waals surface area contributed by atoms with Crippen LogP contribution in [0.2, 0.25) is 0 Å². The van der Waals surface area contributed by atoms with Gasteiger partial charge in [0, 0.05) is 13.0 Å². The number of nitrogens with one attached hydrogen (secondary N) is 1. The molecule has 1 fully saturated rings. The van der Waals surface area contributed by atoms with Gasteiger partial charge in [-0.3, -0.25) is 9.59 Å². The lowest BCUT2D eigenvalue weighted by molar-refractivity contribution is -0.176. The summed E-state index contributed by atoms with van der Waals surface area (Å²) in [5.74, 6) is -4.62. The topological polar surface area (TPSA) is 107 Å². The highest BCUT2D eigenvalue weighted by Gasteiger charge is 2.47. The Hall–Kier alpha value is -1.84. The van der Waals surface area contributed by atoms with Crippen LogP contribution in [0.25, 0.3) is 0 Å². The molecule has 2 amide bonds.